The van der Waals surface area contributed by atoms with Crippen LogP contribution >= 0.6 is 0 Å². The average molecular weight is 263 g/mol. The SMILES string of the molecule is CCCC(CCC)Nc1c(F)c(F)cc(F)c1F. The number of rotatable bonds is 6. The molecule has 1 aromatic carbocycles. The number of halogens is 4. The number of anilines is 1. The van der Waals surface area contributed by atoms with E-state index in [1.54, 1.807) is 0 Å². The number of nitrogens with one attached hydrogen (secondary N) is 1. The highest BCUT2D eigenvalue weighted by Gasteiger charge is 2.21. The van der Waals surface area contributed by atoms with Gasteiger partial charge in [-0.25, -0.2) is 17.6 Å². The first kappa shape index (κ1) is 14.8. The summed E-state index contributed by atoms with van der Waals surface area (Å²) in [4.78, 5) is 0. The Bertz CT molecular complexity index is 374. The maximum Gasteiger partial charge on any atom is 0.185 e. The molecule has 0 amide bonds. The minimum Gasteiger partial charge on any atom is -0.377 e. The predicted octanol–water partition coefficient (Wildman–Crippen LogP) is 4.62. The topological polar surface area (TPSA) is 12.0 Å². The van der Waals surface area contributed by atoms with E-state index < -0.39 is 29.0 Å². The van der Waals surface area contributed by atoms with Crippen LogP contribution in [0.2, 0.25) is 0 Å². The lowest BCUT2D eigenvalue weighted by Crippen LogP contribution is -2.21. The van der Waals surface area contributed by atoms with Gasteiger partial charge in [-0.1, -0.05) is 26.7 Å². The zero-order valence-corrected chi connectivity index (χ0v) is 10.5. The fraction of sp³-hybridized carbons (Fsp3) is 0.538. The number of hydrogen-bond acceptors (Lipinski definition) is 1. The highest BCUT2D eigenvalue weighted by molar-refractivity contribution is 5.48. The third kappa shape index (κ3) is 3.37. The second-order valence-electron chi connectivity index (χ2n) is 4.26. The normalized spacial score (nSPS) is 11.1. The molecule has 102 valence electrons. The van der Waals surface area contributed by atoms with Crippen molar-refractivity contribution in [2.75, 3.05) is 5.32 Å². The van der Waals surface area contributed by atoms with Crippen LogP contribution in [0.5, 0.6) is 0 Å². The van der Waals surface area contributed by atoms with E-state index >= 15 is 0 Å². The molecule has 0 saturated carbocycles. The fourth-order valence-corrected chi connectivity index (χ4v) is 1.89. The van der Waals surface area contributed by atoms with E-state index in [-0.39, 0.29) is 12.1 Å². The van der Waals surface area contributed by atoms with Crippen LogP contribution in [0.4, 0.5) is 23.2 Å². The molecular formula is C13H17F4N. The maximum absolute atomic E-state index is 13.4. The van der Waals surface area contributed by atoms with Gasteiger partial charge < -0.3 is 5.32 Å². The summed E-state index contributed by atoms with van der Waals surface area (Å²) in [7, 11) is 0. The lowest BCUT2D eigenvalue weighted by atomic mass is 10.1. The van der Waals surface area contributed by atoms with Crippen molar-refractivity contribution in [2.45, 2.75) is 45.6 Å². The number of benzene rings is 1. The Labute approximate surface area is 104 Å². The summed E-state index contributed by atoms with van der Waals surface area (Å²) >= 11 is 0. The van der Waals surface area contributed by atoms with Crippen LogP contribution in [0.25, 0.3) is 0 Å². The molecule has 0 saturated heterocycles. The monoisotopic (exact) mass is 263 g/mol. The highest BCUT2D eigenvalue weighted by atomic mass is 19.2. The van der Waals surface area contributed by atoms with E-state index in [4.69, 9.17) is 0 Å². The quantitative estimate of drug-likeness (QED) is 0.583. The molecule has 0 radical (unpaired) electrons. The molecule has 0 aliphatic heterocycles. The van der Waals surface area contributed by atoms with Gasteiger partial charge in [0.05, 0.1) is 0 Å². The summed E-state index contributed by atoms with van der Waals surface area (Å²) in [5.41, 5.74) is -0.709. The first-order valence-corrected chi connectivity index (χ1v) is 6.10. The van der Waals surface area contributed by atoms with E-state index in [0.717, 1.165) is 12.8 Å². The van der Waals surface area contributed by atoms with Crippen molar-refractivity contribution in [1.29, 1.82) is 0 Å². The molecule has 0 bridgehead atoms. The van der Waals surface area contributed by atoms with Gasteiger partial charge in [-0.3, -0.25) is 0 Å². The van der Waals surface area contributed by atoms with E-state index in [2.05, 4.69) is 5.32 Å². The van der Waals surface area contributed by atoms with Gasteiger partial charge in [0.1, 0.15) is 5.69 Å². The first-order valence-electron chi connectivity index (χ1n) is 6.10. The highest BCUT2D eigenvalue weighted by Crippen LogP contribution is 2.26. The lowest BCUT2D eigenvalue weighted by molar-refractivity contribution is 0.454. The standard InChI is InChI=1S/C13H17F4N/c1-3-5-8(6-4-2)18-13-11(16)9(14)7-10(15)12(13)17/h7-8,18H,3-6H2,1-2H3. The summed E-state index contributed by atoms with van der Waals surface area (Å²) in [6.45, 7) is 3.87. The molecule has 5 heteroatoms. The smallest absolute Gasteiger partial charge is 0.185 e. The van der Waals surface area contributed by atoms with Crippen LogP contribution in [0, 0.1) is 23.3 Å². The molecule has 0 spiro atoms. The van der Waals surface area contributed by atoms with E-state index in [1.807, 2.05) is 13.8 Å². The molecule has 18 heavy (non-hydrogen) atoms. The van der Waals surface area contributed by atoms with Crippen molar-refractivity contribution in [3.8, 4) is 0 Å². The third-order valence-electron chi connectivity index (χ3n) is 2.73. The predicted molar refractivity (Wildman–Crippen MR) is 63.5 cm³/mol. The first-order chi connectivity index (χ1) is 8.51. The second kappa shape index (κ2) is 6.61. The molecule has 0 heterocycles. The molecular weight excluding hydrogens is 246 g/mol. The fourth-order valence-electron chi connectivity index (χ4n) is 1.89. The molecule has 0 aliphatic rings. The summed E-state index contributed by atoms with van der Waals surface area (Å²) in [6, 6.07) is 0.0232. The van der Waals surface area contributed by atoms with E-state index in [0.29, 0.717) is 12.8 Å². The van der Waals surface area contributed by atoms with Crippen molar-refractivity contribution in [2.24, 2.45) is 0 Å². The Hall–Kier alpha value is -1.26. The zero-order chi connectivity index (χ0) is 13.7. The van der Waals surface area contributed by atoms with Crippen LogP contribution in [0.15, 0.2) is 6.07 Å². The van der Waals surface area contributed by atoms with Gasteiger partial charge in [-0.05, 0) is 12.8 Å². The van der Waals surface area contributed by atoms with Gasteiger partial charge in [0.25, 0.3) is 0 Å². The van der Waals surface area contributed by atoms with Gasteiger partial charge in [-0.15, -0.1) is 0 Å². The molecule has 0 atom stereocenters. The zero-order valence-electron chi connectivity index (χ0n) is 10.5. The van der Waals surface area contributed by atoms with Crippen LogP contribution in [-0.2, 0) is 0 Å². The summed E-state index contributed by atoms with van der Waals surface area (Å²) in [5.74, 6) is -5.51. The van der Waals surface area contributed by atoms with Gasteiger partial charge in [0, 0.05) is 12.1 Å². The van der Waals surface area contributed by atoms with E-state index in [9.17, 15) is 17.6 Å². The molecule has 0 aliphatic carbocycles. The largest absolute Gasteiger partial charge is 0.377 e. The van der Waals surface area contributed by atoms with Crippen molar-refractivity contribution in [1.82, 2.24) is 0 Å². The Kier molecular flexibility index (Phi) is 5.44. The maximum atomic E-state index is 13.4. The van der Waals surface area contributed by atoms with Gasteiger partial charge >= 0.3 is 0 Å². The van der Waals surface area contributed by atoms with Crippen molar-refractivity contribution < 1.29 is 17.6 Å². The molecule has 1 N–H and O–H groups in total. The van der Waals surface area contributed by atoms with Gasteiger partial charge in [0.15, 0.2) is 23.3 Å². The Morgan fingerprint density at radius 1 is 0.944 bits per heavy atom. The Balaban J connectivity index is 3.01. The third-order valence-corrected chi connectivity index (χ3v) is 2.73. The summed E-state index contributed by atoms with van der Waals surface area (Å²) in [6.07, 6.45) is 3.01. The van der Waals surface area contributed by atoms with Crippen LogP contribution in [-0.4, -0.2) is 6.04 Å². The van der Waals surface area contributed by atoms with Crippen LogP contribution in [0.3, 0.4) is 0 Å². The summed E-state index contributed by atoms with van der Waals surface area (Å²) in [5, 5.41) is 2.57. The molecule has 0 aromatic heterocycles. The molecule has 0 fully saturated rings. The Morgan fingerprint density at radius 3 is 1.78 bits per heavy atom. The molecule has 1 rings (SSSR count). The van der Waals surface area contributed by atoms with Crippen molar-refractivity contribution in [3.63, 3.8) is 0 Å². The lowest BCUT2D eigenvalue weighted by Gasteiger charge is -2.19. The molecule has 1 aromatic rings. The molecule has 1 nitrogen and oxygen atoms in total. The van der Waals surface area contributed by atoms with Gasteiger partial charge in [0.2, 0.25) is 0 Å². The minimum atomic E-state index is -1.39. The molecule has 0 unspecified atom stereocenters. The van der Waals surface area contributed by atoms with E-state index in [1.165, 1.54) is 0 Å². The summed E-state index contributed by atoms with van der Waals surface area (Å²) < 4.78 is 52.9. The Morgan fingerprint density at radius 2 is 1.39 bits per heavy atom. The van der Waals surface area contributed by atoms with Crippen LogP contribution in [0.1, 0.15) is 39.5 Å². The van der Waals surface area contributed by atoms with Crippen molar-refractivity contribution in [3.05, 3.63) is 29.3 Å². The van der Waals surface area contributed by atoms with Crippen molar-refractivity contribution >= 4 is 5.69 Å². The van der Waals surface area contributed by atoms with Gasteiger partial charge in [-0.2, -0.15) is 0 Å². The van der Waals surface area contributed by atoms with Crippen LogP contribution < -0.4 is 5.32 Å². The average Bonchev–Trinajstić information content (AvgIpc) is 2.32. The number of hydrogen-bond donors (Lipinski definition) is 1. The minimum absolute atomic E-state index is 0.190. The second-order valence-corrected chi connectivity index (χ2v) is 4.26.